The molecule has 0 aromatic rings. The van der Waals surface area contributed by atoms with E-state index in [1.807, 2.05) is 10.2 Å². The van der Waals surface area contributed by atoms with Crippen molar-refractivity contribution >= 4 is 10.2 Å². The van der Waals surface area contributed by atoms with Gasteiger partial charge in [0.05, 0.1) is 0 Å². The molecule has 0 unspecified atom stereocenters. The second kappa shape index (κ2) is 1.78. The van der Waals surface area contributed by atoms with Gasteiger partial charge in [-0.2, -0.15) is 0 Å². The van der Waals surface area contributed by atoms with Crippen molar-refractivity contribution in [3.63, 3.8) is 0 Å². The molecule has 0 N–H and O–H groups in total. The summed E-state index contributed by atoms with van der Waals surface area (Å²) in [5, 5.41) is 0. The van der Waals surface area contributed by atoms with E-state index in [0.717, 1.165) is 0 Å². The molecule has 0 spiro atoms. The molecule has 0 fully saturated rings. The van der Waals surface area contributed by atoms with Crippen LogP contribution in [0.25, 0.3) is 0 Å². The van der Waals surface area contributed by atoms with E-state index in [4.69, 9.17) is 0 Å². The highest BCUT2D eigenvalue weighted by molar-refractivity contribution is 6.08. The van der Waals surface area contributed by atoms with Crippen LogP contribution in [0.15, 0.2) is 0 Å². The molecule has 0 saturated heterocycles. The highest BCUT2D eigenvalue weighted by atomic mass is 28.1. The first-order valence-corrected chi connectivity index (χ1v) is 3.35. The van der Waals surface area contributed by atoms with E-state index >= 15 is 0 Å². The Morgan fingerprint density at radius 2 is 1.50 bits per heavy atom. The van der Waals surface area contributed by atoms with Gasteiger partial charge >= 0.3 is 0 Å². The first-order valence-electron chi connectivity index (χ1n) is 2.35. The summed E-state index contributed by atoms with van der Waals surface area (Å²) >= 11 is 0. The Bertz CT molecular complexity index is 33.7. The van der Waals surface area contributed by atoms with Crippen LogP contribution >= 0.6 is 0 Å². The van der Waals surface area contributed by atoms with Crippen molar-refractivity contribution in [2.75, 3.05) is 0 Å². The third kappa shape index (κ3) is 4.22. The SMILES string of the molecule is CC(C)(C)C[SiH2]. The Morgan fingerprint density at radius 1 is 1.33 bits per heavy atom. The fourth-order valence-electron chi connectivity index (χ4n) is 0. The lowest BCUT2D eigenvalue weighted by Gasteiger charge is -2.12. The maximum atomic E-state index is 2.25. The summed E-state index contributed by atoms with van der Waals surface area (Å²) in [5.74, 6) is 0. The molecule has 0 bridgehead atoms. The van der Waals surface area contributed by atoms with Crippen molar-refractivity contribution in [3.05, 3.63) is 0 Å². The summed E-state index contributed by atoms with van der Waals surface area (Å²) < 4.78 is 0. The van der Waals surface area contributed by atoms with Crippen LogP contribution < -0.4 is 0 Å². The van der Waals surface area contributed by atoms with Crippen LogP contribution in [0.1, 0.15) is 20.8 Å². The van der Waals surface area contributed by atoms with Gasteiger partial charge in [-0.15, -0.1) is 0 Å². The van der Waals surface area contributed by atoms with Gasteiger partial charge in [0.1, 0.15) is 0 Å². The van der Waals surface area contributed by atoms with Crippen molar-refractivity contribution in [1.29, 1.82) is 0 Å². The maximum absolute atomic E-state index is 2.25. The molecule has 0 aliphatic rings. The third-order valence-corrected chi connectivity index (χ3v) is 2.25. The quantitative estimate of drug-likeness (QED) is 0.401. The second-order valence-corrected chi connectivity index (χ2v) is 3.31. The van der Waals surface area contributed by atoms with Crippen LogP contribution in [-0.4, -0.2) is 10.2 Å². The van der Waals surface area contributed by atoms with Crippen molar-refractivity contribution < 1.29 is 0 Å². The lowest BCUT2D eigenvalue weighted by Crippen LogP contribution is -2.01. The van der Waals surface area contributed by atoms with Gasteiger partial charge in [-0.1, -0.05) is 26.8 Å². The van der Waals surface area contributed by atoms with Crippen molar-refractivity contribution in [3.8, 4) is 0 Å². The van der Waals surface area contributed by atoms with Gasteiger partial charge in [-0.05, 0) is 5.41 Å². The van der Waals surface area contributed by atoms with Gasteiger partial charge in [-0.25, -0.2) is 0 Å². The molecule has 0 aromatic carbocycles. The molecule has 0 atom stereocenters. The molecule has 0 saturated carbocycles. The maximum Gasteiger partial charge on any atom is 0.00865 e. The lowest BCUT2D eigenvalue weighted by atomic mass is 10.0. The number of rotatable bonds is 0. The minimum Gasteiger partial charge on any atom is -0.0605 e. The average Bonchev–Trinajstić information content (AvgIpc) is 1.35. The molecule has 0 nitrogen and oxygen atoms in total. The van der Waals surface area contributed by atoms with Crippen LogP contribution in [-0.2, 0) is 0 Å². The smallest absolute Gasteiger partial charge is 0.00865 e. The normalized spacial score (nSPS) is 12.0. The zero-order valence-corrected chi connectivity index (χ0v) is 6.33. The van der Waals surface area contributed by atoms with E-state index in [1.165, 1.54) is 6.04 Å². The molecule has 0 rings (SSSR count). The first kappa shape index (κ1) is 6.22. The second-order valence-electron chi connectivity index (χ2n) is 2.81. The van der Waals surface area contributed by atoms with Crippen molar-refractivity contribution in [2.24, 2.45) is 5.41 Å². The van der Waals surface area contributed by atoms with Gasteiger partial charge in [-0.3, -0.25) is 0 Å². The van der Waals surface area contributed by atoms with Crippen LogP contribution in [0.2, 0.25) is 6.04 Å². The molecular formula is C5H13Si. The molecule has 0 aliphatic heterocycles. The Hall–Kier alpha value is 0.217. The standard InChI is InChI=1S/C5H13Si/c1-5(2,3)4-6/h4,6H2,1-3H3. The van der Waals surface area contributed by atoms with Crippen molar-refractivity contribution in [2.45, 2.75) is 26.8 Å². The van der Waals surface area contributed by atoms with Crippen LogP contribution in [0.3, 0.4) is 0 Å². The van der Waals surface area contributed by atoms with Crippen LogP contribution in [0.5, 0.6) is 0 Å². The molecule has 1 radical (unpaired) electrons. The summed E-state index contributed by atoms with van der Waals surface area (Å²) in [7, 11) is 2.04. The summed E-state index contributed by atoms with van der Waals surface area (Å²) in [6, 6.07) is 1.30. The fraction of sp³-hybridized carbons (Fsp3) is 1.00. The van der Waals surface area contributed by atoms with Gasteiger partial charge in [0.2, 0.25) is 0 Å². The van der Waals surface area contributed by atoms with Gasteiger partial charge in [0.25, 0.3) is 0 Å². The minimum atomic E-state index is 0.554. The van der Waals surface area contributed by atoms with Crippen LogP contribution in [0, 0.1) is 5.41 Å². The van der Waals surface area contributed by atoms with E-state index in [1.54, 1.807) is 0 Å². The topological polar surface area (TPSA) is 0 Å². The highest BCUT2D eigenvalue weighted by Crippen LogP contribution is 2.15. The number of hydrogen-bond donors (Lipinski definition) is 0. The van der Waals surface area contributed by atoms with Gasteiger partial charge in [0, 0.05) is 10.2 Å². The first-order chi connectivity index (χ1) is 2.56. The Morgan fingerprint density at radius 3 is 1.50 bits per heavy atom. The molecule has 0 aliphatic carbocycles. The van der Waals surface area contributed by atoms with E-state index in [9.17, 15) is 0 Å². The monoisotopic (exact) mass is 101 g/mol. The third-order valence-electron chi connectivity index (χ3n) is 0.750. The molecular weight excluding hydrogens is 88.1 g/mol. The van der Waals surface area contributed by atoms with Gasteiger partial charge in [0.15, 0.2) is 0 Å². The summed E-state index contributed by atoms with van der Waals surface area (Å²) in [5.41, 5.74) is 0.554. The largest absolute Gasteiger partial charge is 0.0605 e. The zero-order chi connectivity index (χ0) is 5.21. The van der Waals surface area contributed by atoms with E-state index in [0.29, 0.717) is 5.41 Å². The predicted octanol–water partition coefficient (Wildman–Crippen LogP) is 1.08. The molecule has 6 heavy (non-hydrogen) atoms. The van der Waals surface area contributed by atoms with Crippen LogP contribution in [0.4, 0.5) is 0 Å². The molecule has 0 heterocycles. The summed E-state index contributed by atoms with van der Waals surface area (Å²) in [6.07, 6.45) is 0. The highest BCUT2D eigenvalue weighted by Gasteiger charge is 2.03. The fourth-order valence-corrected chi connectivity index (χ4v) is 0. The molecule has 0 amide bonds. The average molecular weight is 101 g/mol. The van der Waals surface area contributed by atoms with E-state index in [2.05, 4.69) is 20.8 Å². The molecule has 0 aromatic heterocycles. The van der Waals surface area contributed by atoms with E-state index < -0.39 is 0 Å². The van der Waals surface area contributed by atoms with E-state index in [-0.39, 0.29) is 0 Å². The molecule has 37 valence electrons. The molecule has 1 heteroatoms. The van der Waals surface area contributed by atoms with Gasteiger partial charge < -0.3 is 0 Å². The summed E-state index contributed by atoms with van der Waals surface area (Å²) in [4.78, 5) is 0. The summed E-state index contributed by atoms with van der Waals surface area (Å²) in [6.45, 7) is 6.75. The lowest BCUT2D eigenvalue weighted by molar-refractivity contribution is 0.469. The Balaban J connectivity index is 3.17. The number of hydrogen-bond acceptors (Lipinski definition) is 0. The Labute approximate surface area is 43.4 Å². The Kier molecular flexibility index (Phi) is 1.85. The predicted molar refractivity (Wildman–Crippen MR) is 32.8 cm³/mol. The zero-order valence-electron chi connectivity index (χ0n) is 4.91. The van der Waals surface area contributed by atoms with Crippen molar-refractivity contribution in [1.82, 2.24) is 0 Å². The minimum absolute atomic E-state index is 0.554.